The lowest BCUT2D eigenvalue weighted by Crippen LogP contribution is -2.53. The van der Waals surface area contributed by atoms with Crippen LogP contribution in [0.2, 0.25) is 0 Å². The van der Waals surface area contributed by atoms with E-state index >= 15 is 0 Å². The first-order chi connectivity index (χ1) is 7.33. The Bertz CT molecular complexity index is 227. The molecule has 3 rings (SSSR count). The van der Waals surface area contributed by atoms with Crippen LogP contribution in [0.1, 0.15) is 26.2 Å². The number of hydrogen-bond acceptors (Lipinski definition) is 3. The SMILES string of the molecule is CC1CN(C2CCN(C3CC3)C2)CCN1. The van der Waals surface area contributed by atoms with Gasteiger partial charge in [0.15, 0.2) is 0 Å². The van der Waals surface area contributed by atoms with E-state index in [2.05, 4.69) is 22.0 Å². The largest absolute Gasteiger partial charge is 0.312 e. The summed E-state index contributed by atoms with van der Waals surface area (Å²) in [6.07, 6.45) is 4.33. The molecule has 2 aliphatic heterocycles. The van der Waals surface area contributed by atoms with Crippen LogP contribution in [0.4, 0.5) is 0 Å². The van der Waals surface area contributed by atoms with Gasteiger partial charge in [-0.05, 0) is 26.2 Å². The average Bonchev–Trinajstić information content (AvgIpc) is 2.97. The highest BCUT2D eigenvalue weighted by Crippen LogP contribution is 2.31. The van der Waals surface area contributed by atoms with E-state index < -0.39 is 0 Å². The van der Waals surface area contributed by atoms with Gasteiger partial charge in [0.05, 0.1) is 0 Å². The van der Waals surface area contributed by atoms with Gasteiger partial charge in [-0.25, -0.2) is 0 Å². The fraction of sp³-hybridized carbons (Fsp3) is 1.00. The molecule has 0 aromatic rings. The van der Waals surface area contributed by atoms with E-state index in [0.29, 0.717) is 6.04 Å². The van der Waals surface area contributed by atoms with Gasteiger partial charge in [0.25, 0.3) is 0 Å². The first-order valence-corrected chi connectivity index (χ1v) is 6.54. The van der Waals surface area contributed by atoms with Gasteiger partial charge in [0.2, 0.25) is 0 Å². The average molecular weight is 209 g/mol. The Labute approximate surface area is 92.8 Å². The van der Waals surface area contributed by atoms with Crippen LogP contribution in [0.5, 0.6) is 0 Å². The zero-order valence-corrected chi connectivity index (χ0v) is 9.78. The second kappa shape index (κ2) is 4.04. The Balaban J connectivity index is 1.53. The molecule has 0 aromatic carbocycles. The first-order valence-electron chi connectivity index (χ1n) is 6.54. The molecule has 0 amide bonds. The molecule has 0 aromatic heterocycles. The number of hydrogen-bond donors (Lipinski definition) is 1. The van der Waals surface area contributed by atoms with Crippen molar-refractivity contribution in [3.63, 3.8) is 0 Å². The molecule has 2 atom stereocenters. The molecule has 15 heavy (non-hydrogen) atoms. The highest BCUT2D eigenvalue weighted by Gasteiger charge is 2.36. The molecule has 2 unspecified atom stereocenters. The molecule has 86 valence electrons. The molecule has 3 nitrogen and oxygen atoms in total. The summed E-state index contributed by atoms with van der Waals surface area (Å²) in [5.41, 5.74) is 0. The van der Waals surface area contributed by atoms with Crippen LogP contribution < -0.4 is 5.32 Å². The standard InChI is InChI=1S/C12H23N3/c1-10-8-15(7-5-13-10)12-4-6-14(9-12)11-2-3-11/h10-13H,2-9H2,1H3. The van der Waals surface area contributed by atoms with Crippen molar-refractivity contribution in [2.75, 3.05) is 32.7 Å². The third-order valence-corrected chi connectivity index (χ3v) is 4.17. The van der Waals surface area contributed by atoms with E-state index in [-0.39, 0.29) is 0 Å². The van der Waals surface area contributed by atoms with Gasteiger partial charge >= 0.3 is 0 Å². The van der Waals surface area contributed by atoms with Crippen LogP contribution in [0.15, 0.2) is 0 Å². The van der Waals surface area contributed by atoms with Crippen molar-refractivity contribution >= 4 is 0 Å². The van der Waals surface area contributed by atoms with Crippen LogP contribution in [-0.2, 0) is 0 Å². The Hall–Kier alpha value is -0.120. The van der Waals surface area contributed by atoms with Gasteiger partial charge < -0.3 is 5.32 Å². The molecule has 3 fully saturated rings. The summed E-state index contributed by atoms with van der Waals surface area (Å²) in [6, 6.07) is 2.51. The Morgan fingerprint density at radius 1 is 0.933 bits per heavy atom. The highest BCUT2D eigenvalue weighted by molar-refractivity contribution is 4.94. The third-order valence-electron chi connectivity index (χ3n) is 4.17. The van der Waals surface area contributed by atoms with Gasteiger partial charge in [0.1, 0.15) is 0 Å². The summed E-state index contributed by atoms with van der Waals surface area (Å²) in [7, 11) is 0. The molecule has 2 heterocycles. The molecule has 0 spiro atoms. The maximum absolute atomic E-state index is 3.53. The van der Waals surface area contributed by atoms with Crippen molar-refractivity contribution in [3.05, 3.63) is 0 Å². The van der Waals surface area contributed by atoms with Crippen LogP contribution in [-0.4, -0.2) is 60.6 Å². The Morgan fingerprint density at radius 3 is 2.47 bits per heavy atom. The predicted octanol–water partition coefficient (Wildman–Crippen LogP) is 0.517. The smallest absolute Gasteiger partial charge is 0.0236 e. The van der Waals surface area contributed by atoms with Gasteiger partial charge in [-0.1, -0.05) is 0 Å². The molecule has 0 radical (unpaired) electrons. The molecule has 0 bridgehead atoms. The minimum atomic E-state index is 0.689. The third kappa shape index (κ3) is 2.19. The topological polar surface area (TPSA) is 18.5 Å². The van der Waals surface area contributed by atoms with Crippen molar-refractivity contribution in [1.29, 1.82) is 0 Å². The lowest BCUT2D eigenvalue weighted by molar-refractivity contribution is 0.147. The van der Waals surface area contributed by atoms with Crippen molar-refractivity contribution in [1.82, 2.24) is 15.1 Å². The quantitative estimate of drug-likeness (QED) is 0.715. The summed E-state index contributed by atoms with van der Waals surface area (Å²) >= 11 is 0. The number of piperazine rings is 1. The normalized spacial score (nSPS) is 39.8. The summed E-state index contributed by atoms with van der Waals surface area (Å²) < 4.78 is 0. The maximum atomic E-state index is 3.53. The van der Waals surface area contributed by atoms with Crippen LogP contribution in [0, 0.1) is 0 Å². The fourth-order valence-corrected chi connectivity index (χ4v) is 3.13. The van der Waals surface area contributed by atoms with Crippen LogP contribution in [0.3, 0.4) is 0 Å². The summed E-state index contributed by atoms with van der Waals surface area (Å²) in [5.74, 6) is 0. The Morgan fingerprint density at radius 2 is 1.73 bits per heavy atom. The van der Waals surface area contributed by atoms with Gasteiger partial charge in [-0.2, -0.15) is 0 Å². The first kappa shape index (κ1) is 10.1. The number of nitrogens with one attached hydrogen (secondary N) is 1. The number of likely N-dealkylation sites (tertiary alicyclic amines) is 1. The fourth-order valence-electron chi connectivity index (χ4n) is 3.13. The molecule has 1 aliphatic carbocycles. The zero-order valence-electron chi connectivity index (χ0n) is 9.78. The number of rotatable bonds is 2. The predicted molar refractivity (Wildman–Crippen MR) is 62.0 cm³/mol. The molecular weight excluding hydrogens is 186 g/mol. The monoisotopic (exact) mass is 209 g/mol. The number of nitrogens with zero attached hydrogens (tertiary/aromatic N) is 2. The summed E-state index contributed by atoms with van der Waals surface area (Å²) in [4.78, 5) is 5.43. The second-order valence-corrected chi connectivity index (χ2v) is 5.52. The van der Waals surface area contributed by atoms with Gasteiger partial charge in [-0.3, -0.25) is 9.80 Å². The highest BCUT2D eigenvalue weighted by atomic mass is 15.3. The molecular formula is C12H23N3. The molecule has 3 heteroatoms. The van der Waals surface area contributed by atoms with Crippen LogP contribution >= 0.6 is 0 Å². The second-order valence-electron chi connectivity index (χ2n) is 5.52. The van der Waals surface area contributed by atoms with E-state index in [0.717, 1.165) is 12.1 Å². The molecule has 1 saturated carbocycles. The van der Waals surface area contributed by atoms with Crippen LogP contribution in [0.25, 0.3) is 0 Å². The van der Waals surface area contributed by atoms with Crippen molar-refractivity contribution < 1.29 is 0 Å². The summed E-state index contributed by atoms with van der Waals surface area (Å²) in [6.45, 7) is 8.70. The summed E-state index contributed by atoms with van der Waals surface area (Å²) in [5, 5.41) is 3.53. The molecule has 2 saturated heterocycles. The van der Waals surface area contributed by atoms with E-state index in [1.165, 1.54) is 52.0 Å². The molecule has 3 aliphatic rings. The van der Waals surface area contributed by atoms with E-state index in [4.69, 9.17) is 0 Å². The van der Waals surface area contributed by atoms with Crippen molar-refractivity contribution in [2.45, 2.75) is 44.3 Å². The van der Waals surface area contributed by atoms with Gasteiger partial charge in [0, 0.05) is 50.8 Å². The van der Waals surface area contributed by atoms with E-state index in [1.807, 2.05) is 0 Å². The van der Waals surface area contributed by atoms with E-state index in [1.54, 1.807) is 0 Å². The zero-order chi connectivity index (χ0) is 10.3. The molecule has 1 N–H and O–H groups in total. The van der Waals surface area contributed by atoms with E-state index in [9.17, 15) is 0 Å². The lowest BCUT2D eigenvalue weighted by atomic mass is 10.1. The Kier molecular flexibility index (Phi) is 2.71. The van der Waals surface area contributed by atoms with Crippen molar-refractivity contribution in [2.24, 2.45) is 0 Å². The van der Waals surface area contributed by atoms with Crippen molar-refractivity contribution in [3.8, 4) is 0 Å². The maximum Gasteiger partial charge on any atom is 0.0236 e. The van der Waals surface area contributed by atoms with Gasteiger partial charge in [-0.15, -0.1) is 0 Å². The minimum Gasteiger partial charge on any atom is -0.312 e. The minimum absolute atomic E-state index is 0.689. The lowest BCUT2D eigenvalue weighted by Gasteiger charge is -2.36.